The van der Waals surface area contributed by atoms with E-state index in [-0.39, 0.29) is 12.1 Å². The Kier molecular flexibility index (Phi) is 7.05. The lowest BCUT2D eigenvalue weighted by Crippen LogP contribution is -2.49. The Bertz CT molecular complexity index is 619. The van der Waals surface area contributed by atoms with Crippen molar-refractivity contribution >= 4 is 16.1 Å². The highest BCUT2D eigenvalue weighted by atomic mass is 32.2. The Morgan fingerprint density at radius 3 is 2.67 bits per heavy atom. The average Bonchev–Trinajstić information content (AvgIpc) is 2.55. The molecule has 1 fully saturated rings. The van der Waals surface area contributed by atoms with Gasteiger partial charge in [-0.2, -0.15) is 0 Å². The molecular formula is C17H27N3O3S. The molecule has 7 heteroatoms. The number of nitrogens with one attached hydrogen (secondary N) is 2. The molecule has 0 aliphatic carbocycles. The van der Waals surface area contributed by atoms with Crippen LogP contribution in [0.2, 0.25) is 0 Å². The highest BCUT2D eigenvalue weighted by molar-refractivity contribution is 7.88. The van der Waals surface area contributed by atoms with E-state index in [1.807, 2.05) is 35.2 Å². The van der Waals surface area contributed by atoms with E-state index in [9.17, 15) is 13.2 Å². The lowest BCUT2D eigenvalue weighted by Gasteiger charge is -2.35. The summed E-state index contributed by atoms with van der Waals surface area (Å²) >= 11 is 0. The van der Waals surface area contributed by atoms with Crippen LogP contribution in [-0.4, -0.2) is 51.3 Å². The molecule has 134 valence electrons. The molecule has 2 amide bonds. The summed E-state index contributed by atoms with van der Waals surface area (Å²) in [5.74, 6) is 0. The molecule has 0 bridgehead atoms. The van der Waals surface area contributed by atoms with Gasteiger partial charge in [-0.3, -0.25) is 0 Å². The molecule has 0 radical (unpaired) electrons. The minimum absolute atomic E-state index is 0.0463. The van der Waals surface area contributed by atoms with Crippen LogP contribution in [0.3, 0.4) is 0 Å². The minimum atomic E-state index is -3.18. The van der Waals surface area contributed by atoms with Gasteiger partial charge in [0.1, 0.15) is 0 Å². The maximum absolute atomic E-state index is 12.4. The van der Waals surface area contributed by atoms with Crippen molar-refractivity contribution in [3.8, 4) is 0 Å². The van der Waals surface area contributed by atoms with Gasteiger partial charge in [0.2, 0.25) is 10.0 Å². The molecule has 0 aromatic heterocycles. The highest BCUT2D eigenvalue weighted by Crippen LogP contribution is 2.19. The molecule has 0 saturated carbocycles. The van der Waals surface area contributed by atoms with Gasteiger partial charge >= 0.3 is 6.03 Å². The zero-order valence-corrected chi connectivity index (χ0v) is 15.0. The molecular weight excluding hydrogens is 326 g/mol. The van der Waals surface area contributed by atoms with E-state index in [4.69, 9.17) is 0 Å². The zero-order valence-electron chi connectivity index (χ0n) is 14.2. The fourth-order valence-electron chi connectivity index (χ4n) is 3.04. The Labute approximate surface area is 144 Å². The van der Waals surface area contributed by atoms with E-state index in [2.05, 4.69) is 10.0 Å². The van der Waals surface area contributed by atoms with Gasteiger partial charge in [-0.15, -0.1) is 0 Å². The SMILES string of the molecule is CS(=O)(=O)NCC[C@H]1CCCCN1C(=O)NCCc1ccccc1. The van der Waals surface area contributed by atoms with Gasteiger partial charge < -0.3 is 10.2 Å². The number of hydrogen-bond acceptors (Lipinski definition) is 3. The molecule has 0 spiro atoms. The number of benzene rings is 1. The van der Waals surface area contributed by atoms with Crippen molar-refractivity contribution in [1.82, 2.24) is 14.9 Å². The maximum Gasteiger partial charge on any atom is 0.317 e. The largest absolute Gasteiger partial charge is 0.338 e. The second-order valence-corrected chi connectivity index (χ2v) is 8.10. The number of rotatable bonds is 7. The Hall–Kier alpha value is -1.60. The minimum Gasteiger partial charge on any atom is -0.338 e. The van der Waals surface area contributed by atoms with Crippen molar-refractivity contribution in [2.24, 2.45) is 0 Å². The first kappa shape index (κ1) is 18.7. The summed E-state index contributed by atoms with van der Waals surface area (Å²) in [6.07, 6.45) is 5.62. The quantitative estimate of drug-likeness (QED) is 0.784. The van der Waals surface area contributed by atoms with Crippen LogP contribution in [0.4, 0.5) is 4.79 Å². The van der Waals surface area contributed by atoms with Gasteiger partial charge in [0.05, 0.1) is 6.26 Å². The first-order valence-corrected chi connectivity index (χ1v) is 10.4. The van der Waals surface area contributed by atoms with Gasteiger partial charge in [-0.1, -0.05) is 30.3 Å². The van der Waals surface area contributed by atoms with Crippen LogP contribution in [0.15, 0.2) is 30.3 Å². The summed E-state index contributed by atoms with van der Waals surface area (Å²) in [5.41, 5.74) is 1.20. The number of urea groups is 1. The zero-order chi connectivity index (χ0) is 17.4. The molecule has 0 unspecified atom stereocenters. The topological polar surface area (TPSA) is 78.5 Å². The first-order chi connectivity index (χ1) is 11.5. The molecule has 1 atom stereocenters. The van der Waals surface area contributed by atoms with E-state index in [1.54, 1.807) is 0 Å². The Morgan fingerprint density at radius 2 is 1.96 bits per heavy atom. The molecule has 2 N–H and O–H groups in total. The lowest BCUT2D eigenvalue weighted by atomic mass is 10.00. The maximum atomic E-state index is 12.4. The number of carbonyl (C=O) groups excluding carboxylic acids is 1. The van der Waals surface area contributed by atoms with E-state index >= 15 is 0 Å². The third-order valence-corrected chi connectivity index (χ3v) is 4.99. The number of carbonyl (C=O) groups is 1. The number of hydrogen-bond donors (Lipinski definition) is 2. The van der Waals surface area contributed by atoms with Crippen LogP contribution in [0, 0.1) is 0 Å². The van der Waals surface area contributed by atoms with Crippen LogP contribution in [0.1, 0.15) is 31.2 Å². The summed E-state index contributed by atoms with van der Waals surface area (Å²) in [5, 5.41) is 2.99. The molecule has 1 saturated heterocycles. The summed E-state index contributed by atoms with van der Waals surface area (Å²) in [6.45, 7) is 1.71. The Morgan fingerprint density at radius 1 is 1.21 bits per heavy atom. The fraction of sp³-hybridized carbons (Fsp3) is 0.588. The van der Waals surface area contributed by atoms with Crippen LogP contribution in [-0.2, 0) is 16.4 Å². The van der Waals surface area contributed by atoms with Crippen molar-refractivity contribution in [1.29, 1.82) is 0 Å². The van der Waals surface area contributed by atoms with E-state index in [0.29, 0.717) is 19.5 Å². The highest BCUT2D eigenvalue weighted by Gasteiger charge is 2.26. The third kappa shape index (κ3) is 6.49. The summed E-state index contributed by atoms with van der Waals surface area (Å²) in [6, 6.07) is 10.1. The number of amides is 2. The third-order valence-electron chi connectivity index (χ3n) is 4.26. The van der Waals surface area contributed by atoms with E-state index in [0.717, 1.165) is 38.5 Å². The van der Waals surface area contributed by atoms with Gasteiger partial charge in [0.15, 0.2) is 0 Å². The number of piperidine rings is 1. The number of sulfonamides is 1. The molecule has 6 nitrogen and oxygen atoms in total. The fourth-order valence-corrected chi connectivity index (χ4v) is 3.53. The molecule has 1 aliphatic rings. The molecule has 1 aliphatic heterocycles. The van der Waals surface area contributed by atoms with Crippen LogP contribution < -0.4 is 10.0 Å². The summed E-state index contributed by atoms with van der Waals surface area (Å²) < 4.78 is 24.8. The van der Waals surface area contributed by atoms with E-state index in [1.165, 1.54) is 5.56 Å². The van der Waals surface area contributed by atoms with Crippen LogP contribution in [0.5, 0.6) is 0 Å². The average molecular weight is 353 g/mol. The van der Waals surface area contributed by atoms with Gasteiger partial charge in [-0.05, 0) is 37.7 Å². The van der Waals surface area contributed by atoms with Crippen molar-refractivity contribution in [3.63, 3.8) is 0 Å². The van der Waals surface area contributed by atoms with Gasteiger partial charge in [0, 0.05) is 25.7 Å². The lowest BCUT2D eigenvalue weighted by molar-refractivity contribution is 0.147. The monoisotopic (exact) mass is 353 g/mol. The smallest absolute Gasteiger partial charge is 0.317 e. The van der Waals surface area contributed by atoms with Crippen LogP contribution in [0.25, 0.3) is 0 Å². The predicted molar refractivity (Wildman–Crippen MR) is 95.4 cm³/mol. The van der Waals surface area contributed by atoms with Crippen molar-refractivity contribution < 1.29 is 13.2 Å². The first-order valence-electron chi connectivity index (χ1n) is 8.49. The Balaban J connectivity index is 1.79. The normalized spacial score (nSPS) is 18.4. The second kappa shape index (κ2) is 9.03. The molecule has 1 aromatic carbocycles. The molecule has 24 heavy (non-hydrogen) atoms. The number of likely N-dealkylation sites (tertiary alicyclic amines) is 1. The van der Waals surface area contributed by atoms with Crippen molar-refractivity contribution in [2.75, 3.05) is 25.9 Å². The van der Waals surface area contributed by atoms with Gasteiger partial charge in [-0.25, -0.2) is 17.9 Å². The molecule has 1 aromatic rings. The summed E-state index contributed by atoms with van der Waals surface area (Å²) in [4.78, 5) is 14.3. The van der Waals surface area contributed by atoms with Crippen LogP contribution >= 0.6 is 0 Å². The number of nitrogens with zero attached hydrogens (tertiary/aromatic N) is 1. The summed E-state index contributed by atoms with van der Waals surface area (Å²) in [7, 11) is -3.18. The molecule has 2 rings (SSSR count). The molecule has 1 heterocycles. The van der Waals surface area contributed by atoms with Crippen molar-refractivity contribution in [2.45, 2.75) is 38.1 Å². The standard InChI is InChI=1S/C17H27N3O3S/c1-24(22,23)19-13-11-16-9-5-6-14-20(16)17(21)18-12-10-15-7-3-2-4-8-15/h2-4,7-8,16,19H,5-6,9-14H2,1H3,(H,18,21)/t16-/m1/s1. The second-order valence-electron chi connectivity index (χ2n) is 6.27. The predicted octanol–water partition coefficient (Wildman–Crippen LogP) is 1.73. The van der Waals surface area contributed by atoms with E-state index < -0.39 is 10.0 Å². The van der Waals surface area contributed by atoms with Gasteiger partial charge in [0.25, 0.3) is 0 Å². The van der Waals surface area contributed by atoms with Crippen molar-refractivity contribution in [3.05, 3.63) is 35.9 Å².